The third-order valence-electron chi connectivity index (χ3n) is 1.86. The summed E-state index contributed by atoms with van der Waals surface area (Å²) in [4.78, 5) is 0. The van der Waals surface area contributed by atoms with Crippen LogP contribution >= 0.6 is 0 Å². The van der Waals surface area contributed by atoms with E-state index >= 15 is 0 Å². The molecule has 0 bridgehead atoms. The number of nitrogens with two attached hydrogens (primary N) is 1. The number of nitrogens with zero attached hydrogens (tertiary/aromatic N) is 4. The normalized spacial score (nSPS) is 11.5. The molecule has 2 rings (SSSR count). The second-order valence-corrected chi connectivity index (χ2v) is 2.74. The zero-order valence-electron chi connectivity index (χ0n) is 7.18. The summed E-state index contributed by atoms with van der Waals surface area (Å²) in [6, 6.07) is 5.74. The van der Waals surface area contributed by atoms with Crippen LogP contribution in [-0.2, 0) is 7.05 Å². The summed E-state index contributed by atoms with van der Waals surface area (Å²) in [5, 5.41) is 11.3. The summed E-state index contributed by atoms with van der Waals surface area (Å²) >= 11 is 0. The summed E-state index contributed by atoms with van der Waals surface area (Å²) in [5.41, 5.74) is 2.77. The van der Waals surface area contributed by atoms with Crippen LogP contribution in [0.2, 0.25) is 0 Å². The smallest absolute Gasteiger partial charge is 0.113 e. The van der Waals surface area contributed by atoms with Crippen molar-refractivity contribution in [1.82, 2.24) is 15.0 Å². The quantitative estimate of drug-likeness (QED) is 0.384. The fourth-order valence-corrected chi connectivity index (χ4v) is 1.22. The second-order valence-electron chi connectivity index (χ2n) is 2.74. The molecule has 1 aromatic heterocycles. The van der Waals surface area contributed by atoms with Crippen LogP contribution in [0.15, 0.2) is 23.3 Å². The molecule has 2 aromatic rings. The number of fused-ring (bicyclic) bond motifs is 1. The van der Waals surface area contributed by atoms with E-state index in [0.29, 0.717) is 0 Å². The molecule has 0 aliphatic rings. The Morgan fingerprint density at radius 1 is 1.54 bits per heavy atom. The van der Waals surface area contributed by atoms with E-state index in [9.17, 15) is 0 Å². The number of hydrogen-bond donors (Lipinski definition) is 1. The van der Waals surface area contributed by atoms with E-state index in [2.05, 4.69) is 15.4 Å². The van der Waals surface area contributed by atoms with Crippen molar-refractivity contribution in [3.8, 4) is 0 Å². The van der Waals surface area contributed by atoms with Gasteiger partial charge in [-0.05, 0) is 17.7 Å². The molecule has 66 valence electrons. The second kappa shape index (κ2) is 2.85. The minimum absolute atomic E-state index is 0.847. The highest BCUT2D eigenvalue weighted by molar-refractivity contribution is 5.86. The molecule has 0 amide bonds. The number of rotatable bonds is 1. The minimum atomic E-state index is 0.847. The molecule has 13 heavy (non-hydrogen) atoms. The van der Waals surface area contributed by atoms with E-state index in [4.69, 9.17) is 5.84 Å². The zero-order chi connectivity index (χ0) is 9.26. The van der Waals surface area contributed by atoms with Gasteiger partial charge >= 0.3 is 0 Å². The van der Waals surface area contributed by atoms with Crippen molar-refractivity contribution in [2.45, 2.75) is 0 Å². The lowest BCUT2D eigenvalue weighted by Gasteiger charge is -1.92. The lowest BCUT2D eigenvalue weighted by molar-refractivity contribution is 0.736. The van der Waals surface area contributed by atoms with Crippen LogP contribution in [0, 0.1) is 0 Å². The summed E-state index contributed by atoms with van der Waals surface area (Å²) in [6.45, 7) is 0. The molecule has 1 heterocycles. The highest BCUT2D eigenvalue weighted by Crippen LogP contribution is 2.10. The monoisotopic (exact) mass is 175 g/mol. The van der Waals surface area contributed by atoms with Gasteiger partial charge in [0.15, 0.2) is 0 Å². The molecule has 0 spiro atoms. The van der Waals surface area contributed by atoms with E-state index in [1.807, 2.05) is 25.2 Å². The molecule has 0 atom stereocenters. The Balaban J connectivity index is 2.63. The van der Waals surface area contributed by atoms with Gasteiger partial charge in [-0.2, -0.15) is 5.10 Å². The molecule has 1 aromatic carbocycles. The van der Waals surface area contributed by atoms with Gasteiger partial charge in [0.2, 0.25) is 0 Å². The Morgan fingerprint density at radius 2 is 2.38 bits per heavy atom. The van der Waals surface area contributed by atoms with Gasteiger partial charge in [-0.1, -0.05) is 11.3 Å². The molecule has 2 N–H and O–H groups in total. The van der Waals surface area contributed by atoms with Crippen molar-refractivity contribution in [2.24, 2.45) is 18.0 Å². The first-order valence-corrected chi connectivity index (χ1v) is 3.84. The molecule has 0 fully saturated rings. The Labute approximate surface area is 74.8 Å². The van der Waals surface area contributed by atoms with Crippen LogP contribution < -0.4 is 5.84 Å². The molecule has 0 saturated heterocycles. The Kier molecular flexibility index (Phi) is 1.70. The van der Waals surface area contributed by atoms with Crippen LogP contribution in [0.3, 0.4) is 0 Å². The Hall–Kier alpha value is -1.91. The van der Waals surface area contributed by atoms with E-state index in [1.165, 1.54) is 0 Å². The number of aromatic nitrogens is 3. The van der Waals surface area contributed by atoms with Gasteiger partial charge in [0.25, 0.3) is 0 Å². The summed E-state index contributed by atoms with van der Waals surface area (Å²) in [7, 11) is 1.85. The van der Waals surface area contributed by atoms with Crippen LogP contribution in [0.5, 0.6) is 0 Å². The lowest BCUT2D eigenvalue weighted by atomic mass is 10.2. The molecule has 0 radical (unpaired) electrons. The summed E-state index contributed by atoms with van der Waals surface area (Å²) < 4.78 is 1.72. The van der Waals surface area contributed by atoms with Gasteiger partial charge < -0.3 is 5.84 Å². The van der Waals surface area contributed by atoms with Gasteiger partial charge in [0.05, 0.1) is 11.7 Å². The Bertz CT molecular complexity index is 457. The first-order valence-electron chi connectivity index (χ1n) is 3.84. The highest BCUT2D eigenvalue weighted by atomic mass is 15.4. The fraction of sp³-hybridized carbons (Fsp3) is 0.125. The van der Waals surface area contributed by atoms with Crippen LogP contribution in [0.25, 0.3) is 11.0 Å². The maximum Gasteiger partial charge on any atom is 0.113 e. The fourth-order valence-electron chi connectivity index (χ4n) is 1.22. The maximum atomic E-state index is 5.04. The molecule has 0 aliphatic heterocycles. The average Bonchev–Trinajstić information content (AvgIpc) is 2.48. The SMILES string of the molecule is Cn1nnc2cc(/C=N/N)ccc21. The van der Waals surface area contributed by atoms with E-state index in [0.717, 1.165) is 16.6 Å². The van der Waals surface area contributed by atoms with Crippen molar-refractivity contribution in [3.63, 3.8) is 0 Å². The molecular weight excluding hydrogens is 166 g/mol. The molecule has 0 unspecified atom stereocenters. The standard InChI is InChI=1S/C8H9N5/c1-13-8-3-2-6(5-10-9)4-7(8)11-12-13/h2-5H,9H2,1H3/b10-5+. The number of aryl methyl sites for hydroxylation is 1. The molecular formula is C8H9N5. The van der Waals surface area contributed by atoms with Crippen molar-refractivity contribution < 1.29 is 0 Å². The topological polar surface area (TPSA) is 69.1 Å². The van der Waals surface area contributed by atoms with Crippen LogP contribution in [0.4, 0.5) is 0 Å². The molecule has 0 saturated carbocycles. The van der Waals surface area contributed by atoms with Gasteiger partial charge in [-0.3, -0.25) is 0 Å². The third kappa shape index (κ3) is 1.24. The van der Waals surface area contributed by atoms with Crippen molar-refractivity contribution in [3.05, 3.63) is 23.8 Å². The molecule has 0 aliphatic carbocycles. The number of benzene rings is 1. The van der Waals surface area contributed by atoms with E-state index < -0.39 is 0 Å². The van der Waals surface area contributed by atoms with Crippen molar-refractivity contribution >= 4 is 17.2 Å². The summed E-state index contributed by atoms with van der Waals surface area (Å²) in [5.74, 6) is 5.04. The molecule has 5 nitrogen and oxygen atoms in total. The Morgan fingerprint density at radius 3 is 3.15 bits per heavy atom. The predicted molar refractivity (Wildman–Crippen MR) is 50.3 cm³/mol. The first-order chi connectivity index (χ1) is 6.31. The zero-order valence-corrected chi connectivity index (χ0v) is 7.18. The average molecular weight is 175 g/mol. The van der Waals surface area contributed by atoms with Gasteiger partial charge in [0.1, 0.15) is 5.52 Å². The highest BCUT2D eigenvalue weighted by Gasteiger charge is 2.00. The van der Waals surface area contributed by atoms with Gasteiger partial charge in [-0.15, -0.1) is 5.10 Å². The van der Waals surface area contributed by atoms with E-state index in [-0.39, 0.29) is 0 Å². The first kappa shape index (κ1) is 7.72. The predicted octanol–water partition coefficient (Wildman–Crippen LogP) is 0.261. The van der Waals surface area contributed by atoms with Crippen LogP contribution in [-0.4, -0.2) is 21.2 Å². The number of hydrazone groups is 1. The lowest BCUT2D eigenvalue weighted by Crippen LogP contribution is -1.89. The maximum absolute atomic E-state index is 5.04. The summed E-state index contributed by atoms with van der Waals surface area (Å²) in [6.07, 6.45) is 1.58. The largest absolute Gasteiger partial charge is 0.323 e. The van der Waals surface area contributed by atoms with Crippen LogP contribution in [0.1, 0.15) is 5.56 Å². The van der Waals surface area contributed by atoms with Crippen molar-refractivity contribution in [1.29, 1.82) is 0 Å². The van der Waals surface area contributed by atoms with Gasteiger partial charge in [0, 0.05) is 7.05 Å². The van der Waals surface area contributed by atoms with E-state index in [1.54, 1.807) is 10.9 Å². The van der Waals surface area contributed by atoms with Gasteiger partial charge in [-0.25, -0.2) is 4.68 Å². The minimum Gasteiger partial charge on any atom is -0.323 e. The molecule has 5 heteroatoms. The third-order valence-corrected chi connectivity index (χ3v) is 1.86. The number of hydrogen-bond acceptors (Lipinski definition) is 4. The van der Waals surface area contributed by atoms with Crippen molar-refractivity contribution in [2.75, 3.05) is 0 Å².